The number of rotatable bonds is 5. The van der Waals surface area contributed by atoms with Crippen LogP contribution in [-0.4, -0.2) is 25.3 Å². The van der Waals surface area contributed by atoms with Gasteiger partial charge in [0.1, 0.15) is 0 Å². The number of nitrogens with one attached hydrogen (secondary N) is 1. The minimum absolute atomic E-state index is 0.119. The molecule has 1 fully saturated rings. The summed E-state index contributed by atoms with van der Waals surface area (Å²) < 4.78 is 24.1. The molecule has 0 amide bonds. The van der Waals surface area contributed by atoms with E-state index in [1.54, 1.807) is 0 Å². The second kappa shape index (κ2) is 6.36. The molecule has 1 aliphatic heterocycles. The predicted octanol–water partition coefficient (Wildman–Crippen LogP) is 3.20. The highest BCUT2D eigenvalue weighted by Crippen LogP contribution is 2.22. The van der Waals surface area contributed by atoms with Crippen molar-refractivity contribution in [3.05, 3.63) is 29.8 Å². The maximum Gasteiger partial charge on any atom is 0.247 e. The molecule has 17 heavy (non-hydrogen) atoms. The Morgan fingerprint density at radius 3 is 2.65 bits per heavy atom. The molecule has 0 radical (unpaired) electrons. The highest BCUT2D eigenvalue weighted by molar-refractivity contribution is 7.99. The summed E-state index contributed by atoms with van der Waals surface area (Å²) in [6.07, 6.45) is 0.0959. The molecule has 1 aliphatic rings. The van der Waals surface area contributed by atoms with Crippen molar-refractivity contribution in [3.63, 3.8) is 0 Å². The van der Waals surface area contributed by atoms with Gasteiger partial charge in [-0.2, -0.15) is 0 Å². The lowest BCUT2D eigenvalue weighted by molar-refractivity contribution is 0.177. The number of alkyl halides is 2. The second-order valence-electron chi connectivity index (χ2n) is 4.41. The molecule has 1 heterocycles. The molecule has 1 aromatic carbocycles. The molecular weight excluding hydrogens is 240 g/mol. The summed E-state index contributed by atoms with van der Waals surface area (Å²) in [5.41, 5.74) is 1.31. The number of halogens is 2. The zero-order valence-electron chi connectivity index (χ0n) is 9.66. The van der Waals surface area contributed by atoms with Crippen molar-refractivity contribution in [1.82, 2.24) is 5.32 Å². The molecule has 1 N–H and O–H groups in total. The maximum absolute atomic E-state index is 12.0. The molecule has 0 aromatic heterocycles. The number of hydrogen-bond donors (Lipinski definition) is 1. The number of hydrogen-bond acceptors (Lipinski definition) is 2. The average Bonchev–Trinajstić information content (AvgIpc) is 2.81. The lowest BCUT2D eigenvalue weighted by Crippen LogP contribution is -2.10. The van der Waals surface area contributed by atoms with Gasteiger partial charge in [0.25, 0.3) is 0 Å². The van der Waals surface area contributed by atoms with E-state index >= 15 is 0 Å². The van der Waals surface area contributed by atoms with Crippen LogP contribution < -0.4 is 5.32 Å². The van der Waals surface area contributed by atoms with E-state index in [0.29, 0.717) is 0 Å². The monoisotopic (exact) mass is 257 g/mol. The van der Waals surface area contributed by atoms with E-state index in [1.807, 2.05) is 12.1 Å². The van der Waals surface area contributed by atoms with E-state index in [-0.39, 0.29) is 5.75 Å². The van der Waals surface area contributed by atoms with E-state index < -0.39 is 6.43 Å². The van der Waals surface area contributed by atoms with E-state index in [9.17, 15) is 8.78 Å². The topological polar surface area (TPSA) is 12.0 Å². The highest BCUT2D eigenvalue weighted by atomic mass is 32.2. The maximum atomic E-state index is 12.0. The Labute approximate surface area is 105 Å². The van der Waals surface area contributed by atoms with Crippen LogP contribution in [0.1, 0.15) is 12.0 Å². The molecule has 1 unspecified atom stereocenters. The summed E-state index contributed by atoms with van der Waals surface area (Å²) in [4.78, 5) is 0.929. The first kappa shape index (κ1) is 12.8. The first-order valence-corrected chi connectivity index (χ1v) is 6.93. The van der Waals surface area contributed by atoms with Gasteiger partial charge in [-0.3, -0.25) is 0 Å². The van der Waals surface area contributed by atoms with Gasteiger partial charge >= 0.3 is 0 Å². The lowest BCUT2D eigenvalue weighted by Gasteiger charge is -2.08. The van der Waals surface area contributed by atoms with Crippen molar-refractivity contribution >= 4 is 11.8 Å². The van der Waals surface area contributed by atoms with Crippen LogP contribution in [0.25, 0.3) is 0 Å². The molecule has 0 bridgehead atoms. The van der Waals surface area contributed by atoms with Crippen molar-refractivity contribution in [2.45, 2.75) is 24.2 Å². The molecule has 0 saturated carbocycles. The van der Waals surface area contributed by atoms with Crippen molar-refractivity contribution in [2.75, 3.05) is 18.8 Å². The van der Waals surface area contributed by atoms with Crippen LogP contribution in [0.5, 0.6) is 0 Å². The van der Waals surface area contributed by atoms with E-state index in [1.165, 1.54) is 23.7 Å². The molecule has 0 aliphatic carbocycles. The highest BCUT2D eigenvalue weighted by Gasteiger charge is 2.14. The van der Waals surface area contributed by atoms with Gasteiger partial charge in [0, 0.05) is 4.90 Å². The quantitative estimate of drug-likeness (QED) is 0.813. The van der Waals surface area contributed by atoms with E-state index in [2.05, 4.69) is 17.4 Å². The Balaban J connectivity index is 1.84. The predicted molar refractivity (Wildman–Crippen MR) is 67.9 cm³/mol. The summed E-state index contributed by atoms with van der Waals surface area (Å²) in [5.74, 6) is 0.612. The van der Waals surface area contributed by atoms with Gasteiger partial charge in [0.05, 0.1) is 5.75 Å². The fraction of sp³-hybridized carbons (Fsp3) is 0.538. The normalized spacial score (nSPS) is 20.1. The van der Waals surface area contributed by atoms with Crippen LogP contribution >= 0.6 is 11.8 Å². The van der Waals surface area contributed by atoms with Gasteiger partial charge < -0.3 is 5.32 Å². The SMILES string of the molecule is FC(F)CSc1ccc(CC2CCNC2)cc1. The van der Waals surface area contributed by atoms with Crippen LogP contribution in [0.4, 0.5) is 8.78 Å². The molecule has 4 heteroatoms. The van der Waals surface area contributed by atoms with Crippen LogP contribution in [0, 0.1) is 5.92 Å². The second-order valence-corrected chi connectivity index (χ2v) is 5.50. The number of thioether (sulfide) groups is 1. The zero-order valence-corrected chi connectivity index (χ0v) is 10.5. The third-order valence-electron chi connectivity index (χ3n) is 2.99. The first-order valence-electron chi connectivity index (χ1n) is 5.94. The number of benzene rings is 1. The minimum Gasteiger partial charge on any atom is -0.316 e. The zero-order chi connectivity index (χ0) is 12.1. The molecular formula is C13H17F2NS. The smallest absolute Gasteiger partial charge is 0.247 e. The Bertz CT molecular complexity index is 334. The van der Waals surface area contributed by atoms with Gasteiger partial charge in [-0.25, -0.2) is 8.78 Å². The Morgan fingerprint density at radius 2 is 2.06 bits per heavy atom. The fourth-order valence-electron chi connectivity index (χ4n) is 2.10. The Kier molecular flexibility index (Phi) is 4.80. The third-order valence-corrected chi connectivity index (χ3v) is 4.01. The van der Waals surface area contributed by atoms with Crippen LogP contribution in [-0.2, 0) is 6.42 Å². The minimum atomic E-state index is -2.23. The average molecular weight is 257 g/mol. The summed E-state index contributed by atoms with van der Waals surface area (Å²) in [6.45, 7) is 2.22. The van der Waals surface area contributed by atoms with Crippen molar-refractivity contribution < 1.29 is 8.78 Å². The molecule has 1 aromatic rings. The Hall–Kier alpha value is -0.610. The molecule has 1 nitrogen and oxygen atoms in total. The van der Waals surface area contributed by atoms with Crippen LogP contribution in [0.3, 0.4) is 0 Å². The molecule has 94 valence electrons. The van der Waals surface area contributed by atoms with Gasteiger partial charge in [-0.15, -0.1) is 11.8 Å². The molecule has 1 atom stereocenters. The molecule has 0 spiro atoms. The summed E-state index contributed by atoms with van der Waals surface area (Å²) >= 11 is 1.22. The summed E-state index contributed by atoms with van der Waals surface area (Å²) in [6, 6.07) is 8.02. The lowest BCUT2D eigenvalue weighted by atomic mass is 9.99. The molecule has 2 rings (SSSR count). The van der Waals surface area contributed by atoms with Crippen molar-refractivity contribution in [2.24, 2.45) is 5.92 Å². The van der Waals surface area contributed by atoms with Gasteiger partial charge in [-0.05, 0) is 49.5 Å². The Morgan fingerprint density at radius 1 is 1.29 bits per heavy atom. The van der Waals surface area contributed by atoms with Crippen LogP contribution in [0.15, 0.2) is 29.2 Å². The standard InChI is InChI=1S/C13H17F2NS/c14-13(15)9-17-12-3-1-10(2-4-12)7-11-5-6-16-8-11/h1-4,11,13,16H,5-9H2. The van der Waals surface area contributed by atoms with Gasteiger partial charge in [0.15, 0.2) is 0 Å². The summed E-state index contributed by atoms with van der Waals surface area (Å²) in [5, 5.41) is 3.35. The van der Waals surface area contributed by atoms with E-state index in [4.69, 9.17) is 0 Å². The van der Waals surface area contributed by atoms with Gasteiger partial charge in [-0.1, -0.05) is 12.1 Å². The van der Waals surface area contributed by atoms with Gasteiger partial charge in [0.2, 0.25) is 6.43 Å². The van der Waals surface area contributed by atoms with E-state index in [0.717, 1.165) is 30.3 Å². The third kappa shape index (κ3) is 4.28. The van der Waals surface area contributed by atoms with Crippen molar-refractivity contribution in [3.8, 4) is 0 Å². The summed E-state index contributed by atoms with van der Waals surface area (Å²) in [7, 11) is 0. The fourth-order valence-corrected chi connectivity index (χ4v) is 2.75. The largest absolute Gasteiger partial charge is 0.316 e. The van der Waals surface area contributed by atoms with Crippen LogP contribution in [0.2, 0.25) is 0 Å². The molecule has 1 saturated heterocycles. The first-order chi connectivity index (χ1) is 8.24. The van der Waals surface area contributed by atoms with Crippen molar-refractivity contribution in [1.29, 1.82) is 0 Å².